The maximum atomic E-state index is 12.1. The van der Waals surface area contributed by atoms with E-state index in [9.17, 15) is 9.59 Å². The van der Waals surface area contributed by atoms with Crippen molar-refractivity contribution >= 4 is 11.9 Å². The van der Waals surface area contributed by atoms with Gasteiger partial charge in [-0.25, -0.2) is 0 Å². The van der Waals surface area contributed by atoms with Crippen molar-refractivity contribution in [2.45, 2.75) is 6.42 Å². The van der Waals surface area contributed by atoms with E-state index in [2.05, 4.69) is 0 Å². The molecule has 1 aromatic rings. The predicted octanol–water partition coefficient (Wildman–Crippen LogP) is 1.24. The van der Waals surface area contributed by atoms with Gasteiger partial charge in [-0.2, -0.15) is 0 Å². The number of carbonyl (C=O) groups is 2. The lowest BCUT2D eigenvalue weighted by atomic mass is 9.95. The molecule has 1 heterocycles. The average molecular weight is 249 g/mol. The molecule has 5 nitrogen and oxygen atoms in total. The zero-order chi connectivity index (χ0) is 13.1. The van der Waals surface area contributed by atoms with Crippen LogP contribution in [0.3, 0.4) is 0 Å². The minimum absolute atomic E-state index is 0.0705. The van der Waals surface area contributed by atoms with Crippen molar-refractivity contribution in [2.24, 2.45) is 5.92 Å². The monoisotopic (exact) mass is 249 g/mol. The zero-order valence-electron chi connectivity index (χ0n) is 10.1. The van der Waals surface area contributed by atoms with Gasteiger partial charge in [0.05, 0.1) is 19.1 Å². The highest BCUT2D eigenvalue weighted by Gasteiger charge is 2.33. The van der Waals surface area contributed by atoms with Gasteiger partial charge in [-0.05, 0) is 12.1 Å². The summed E-state index contributed by atoms with van der Waals surface area (Å²) in [5.74, 6) is -0.302. The van der Waals surface area contributed by atoms with Gasteiger partial charge in [0.25, 0.3) is 5.91 Å². The van der Waals surface area contributed by atoms with Gasteiger partial charge in [0.2, 0.25) is 0 Å². The summed E-state index contributed by atoms with van der Waals surface area (Å²) in [4.78, 5) is 24.3. The Hall–Kier alpha value is -2.04. The minimum Gasteiger partial charge on any atom is -0.496 e. The van der Waals surface area contributed by atoms with E-state index in [4.69, 9.17) is 9.84 Å². The summed E-state index contributed by atoms with van der Waals surface area (Å²) in [6.45, 7) is 1.01. The Labute approximate surface area is 105 Å². The van der Waals surface area contributed by atoms with Gasteiger partial charge >= 0.3 is 5.97 Å². The van der Waals surface area contributed by atoms with E-state index in [-0.39, 0.29) is 18.2 Å². The van der Waals surface area contributed by atoms with E-state index >= 15 is 0 Å². The summed E-state index contributed by atoms with van der Waals surface area (Å²) in [6, 6.07) is 7.04. The quantitative estimate of drug-likeness (QED) is 0.871. The Morgan fingerprint density at radius 2 is 2.06 bits per heavy atom. The van der Waals surface area contributed by atoms with E-state index in [0.29, 0.717) is 24.4 Å². The third kappa shape index (κ3) is 2.45. The first kappa shape index (κ1) is 12.4. The Morgan fingerprint density at radius 3 is 2.67 bits per heavy atom. The number of carbonyl (C=O) groups excluding carboxylic acids is 1. The predicted molar refractivity (Wildman–Crippen MR) is 64.6 cm³/mol. The number of rotatable bonds is 4. The Kier molecular flexibility index (Phi) is 3.50. The van der Waals surface area contributed by atoms with Crippen LogP contribution in [0.25, 0.3) is 0 Å². The van der Waals surface area contributed by atoms with Crippen molar-refractivity contribution in [1.29, 1.82) is 0 Å². The summed E-state index contributed by atoms with van der Waals surface area (Å²) >= 11 is 0. The lowest BCUT2D eigenvalue weighted by molar-refractivity contribution is -0.139. The number of aliphatic carboxylic acids is 1. The molecule has 1 saturated heterocycles. The van der Waals surface area contributed by atoms with Gasteiger partial charge in [-0.3, -0.25) is 9.59 Å². The van der Waals surface area contributed by atoms with Crippen LogP contribution >= 0.6 is 0 Å². The van der Waals surface area contributed by atoms with E-state index in [1.807, 2.05) is 0 Å². The number of hydrogen-bond acceptors (Lipinski definition) is 3. The van der Waals surface area contributed by atoms with Gasteiger partial charge in [0.1, 0.15) is 5.75 Å². The van der Waals surface area contributed by atoms with E-state index < -0.39 is 5.97 Å². The van der Waals surface area contributed by atoms with Crippen LogP contribution in [-0.2, 0) is 4.79 Å². The number of methoxy groups -OCH3 is 1. The Bertz CT molecular complexity index is 466. The van der Waals surface area contributed by atoms with E-state index in [1.165, 1.54) is 7.11 Å². The molecule has 18 heavy (non-hydrogen) atoms. The molecule has 0 spiro atoms. The molecule has 2 rings (SSSR count). The van der Waals surface area contributed by atoms with Gasteiger partial charge in [-0.1, -0.05) is 12.1 Å². The number of carboxylic acids is 1. The first-order chi connectivity index (χ1) is 8.61. The Balaban J connectivity index is 1.99. The van der Waals surface area contributed by atoms with Crippen molar-refractivity contribution in [1.82, 2.24) is 4.90 Å². The van der Waals surface area contributed by atoms with Gasteiger partial charge < -0.3 is 14.7 Å². The number of hydrogen-bond donors (Lipinski definition) is 1. The molecule has 0 radical (unpaired) electrons. The largest absolute Gasteiger partial charge is 0.496 e. The molecule has 1 aliphatic rings. The third-order valence-electron chi connectivity index (χ3n) is 3.05. The van der Waals surface area contributed by atoms with Crippen LogP contribution in [0, 0.1) is 5.92 Å². The molecule has 0 aliphatic carbocycles. The summed E-state index contributed by atoms with van der Waals surface area (Å²) < 4.78 is 5.13. The minimum atomic E-state index is -0.815. The van der Waals surface area contributed by atoms with Crippen LogP contribution in [0.1, 0.15) is 16.8 Å². The summed E-state index contributed by atoms with van der Waals surface area (Å²) in [5, 5.41) is 8.65. The van der Waals surface area contributed by atoms with Crippen molar-refractivity contribution in [3.05, 3.63) is 29.8 Å². The fraction of sp³-hybridized carbons (Fsp3) is 0.385. The molecule has 0 saturated carbocycles. The van der Waals surface area contributed by atoms with Crippen LogP contribution in [0.2, 0.25) is 0 Å². The second kappa shape index (κ2) is 5.08. The second-order valence-corrected chi connectivity index (χ2v) is 4.37. The van der Waals surface area contributed by atoms with E-state index in [1.54, 1.807) is 29.2 Å². The molecule has 1 amide bonds. The molecule has 1 N–H and O–H groups in total. The number of amides is 1. The van der Waals surface area contributed by atoms with Crippen molar-refractivity contribution < 1.29 is 19.4 Å². The highest BCUT2D eigenvalue weighted by atomic mass is 16.5. The molecule has 1 aromatic carbocycles. The average Bonchev–Trinajstić information content (AvgIpc) is 2.32. The number of ether oxygens (including phenoxy) is 1. The molecular weight excluding hydrogens is 234 g/mol. The molecular formula is C13H15NO4. The number of likely N-dealkylation sites (tertiary alicyclic amines) is 1. The van der Waals surface area contributed by atoms with Crippen LogP contribution in [0.4, 0.5) is 0 Å². The molecule has 96 valence electrons. The molecule has 1 aliphatic heterocycles. The molecule has 0 unspecified atom stereocenters. The maximum absolute atomic E-state index is 12.1. The molecule has 5 heteroatoms. The molecule has 0 aromatic heterocycles. The van der Waals surface area contributed by atoms with Crippen molar-refractivity contribution in [2.75, 3.05) is 20.2 Å². The van der Waals surface area contributed by atoms with Crippen LogP contribution in [-0.4, -0.2) is 42.1 Å². The van der Waals surface area contributed by atoms with Gasteiger partial charge in [0.15, 0.2) is 0 Å². The summed E-state index contributed by atoms with van der Waals surface area (Å²) in [6.07, 6.45) is 0.121. The Morgan fingerprint density at radius 1 is 1.39 bits per heavy atom. The summed E-state index contributed by atoms with van der Waals surface area (Å²) in [7, 11) is 1.52. The van der Waals surface area contributed by atoms with Crippen LogP contribution in [0.5, 0.6) is 5.75 Å². The number of benzene rings is 1. The summed E-state index contributed by atoms with van der Waals surface area (Å²) in [5.41, 5.74) is 0.522. The van der Waals surface area contributed by atoms with Crippen LogP contribution < -0.4 is 4.74 Å². The highest BCUT2D eigenvalue weighted by molar-refractivity contribution is 5.97. The second-order valence-electron chi connectivity index (χ2n) is 4.37. The smallest absolute Gasteiger partial charge is 0.303 e. The lowest BCUT2D eigenvalue weighted by Crippen LogP contribution is -2.50. The maximum Gasteiger partial charge on any atom is 0.303 e. The standard InChI is InChI=1S/C13H15NO4/c1-18-11-5-3-2-4-10(11)13(17)14-7-9(8-14)6-12(15)16/h2-5,9H,6-8H2,1H3,(H,15,16). The highest BCUT2D eigenvalue weighted by Crippen LogP contribution is 2.25. The first-order valence-corrected chi connectivity index (χ1v) is 5.76. The zero-order valence-corrected chi connectivity index (χ0v) is 10.1. The number of nitrogens with zero attached hydrogens (tertiary/aromatic N) is 1. The lowest BCUT2D eigenvalue weighted by Gasteiger charge is -2.38. The third-order valence-corrected chi connectivity index (χ3v) is 3.05. The number of carboxylic acid groups (broad SMARTS) is 1. The number of para-hydroxylation sites is 1. The first-order valence-electron chi connectivity index (χ1n) is 5.76. The SMILES string of the molecule is COc1ccccc1C(=O)N1CC(CC(=O)O)C1. The van der Waals surface area contributed by atoms with Crippen LogP contribution in [0.15, 0.2) is 24.3 Å². The molecule has 0 bridgehead atoms. The van der Waals surface area contributed by atoms with Crippen molar-refractivity contribution in [3.8, 4) is 5.75 Å². The van der Waals surface area contributed by atoms with E-state index in [0.717, 1.165) is 0 Å². The molecule has 1 fully saturated rings. The van der Waals surface area contributed by atoms with Gasteiger partial charge in [-0.15, -0.1) is 0 Å². The fourth-order valence-corrected chi connectivity index (χ4v) is 2.10. The van der Waals surface area contributed by atoms with Crippen molar-refractivity contribution in [3.63, 3.8) is 0 Å². The normalized spacial score (nSPS) is 15.1. The molecule has 0 atom stereocenters. The fourth-order valence-electron chi connectivity index (χ4n) is 2.10. The topological polar surface area (TPSA) is 66.8 Å². The van der Waals surface area contributed by atoms with Gasteiger partial charge in [0, 0.05) is 19.0 Å².